The molecule has 4 nitrogen and oxygen atoms in total. The van der Waals surface area contributed by atoms with Crippen molar-refractivity contribution in [2.75, 3.05) is 0 Å². The summed E-state index contributed by atoms with van der Waals surface area (Å²) in [6, 6.07) is 19.1. The predicted octanol–water partition coefficient (Wildman–Crippen LogP) is 5.58. The van der Waals surface area contributed by atoms with Gasteiger partial charge in [0.2, 0.25) is 0 Å². The number of hydrogen-bond donors (Lipinski definition) is 1. The van der Waals surface area contributed by atoms with Crippen molar-refractivity contribution in [2.45, 2.75) is 24.9 Å². The van der Waals surface area contributed by atoms with Crippen LogP contribution in [0.1, 0.15) is 34.8 Å². The molecule has 2 atom stereocenters. The Morgan fingerprint density at radius 2 is 1.63 bits per heavy atom. The zero-order valence-electron chi connectivity index (χ0n) is 16.0. The lowest BCUT2D eigenvalue weighted by molar-refractivity contribution is -0.141. The molecule has 1 N–H and O–H groups in total. The summed E-state index contributed by atoms with van der Waals surface area (Å²) in [5, 5.41) is 10.1. The van der Waals surface area contributed by atoms with Crippen molar-refractivity contribution in [3.63, 3.8) is 0 Å². The number of nitrogens with zero attached hydrogens (tertiary/aromatic N) is 1. The molecule has 0 aliphatic carbocycles. The van der Waals surface area contributed by atoms with Crippen LogP contribution in [0.3, 0.4) is 0 Å². The third-order valence-corrected chi connectivity index (χ3v) is 5.82. The van der Waals surface area contributed by atoms with Crippen LogP contribution in [0, 0.1) is 5.82 Å². The van der Waals surface area contributed by atoms with Crippen LogP contribution in [-0.2, 0) is 4.79 Å². The molecule has 0 radical (unpaired) electrons. The van der Waals surface area contributed by atoms with E-state index >= 15 is 0 Å². The summed E-state index contributed by atoms with van der Waals surface area (Å²) in [5.74, 6) is -2.45. The van der Waals surface area contributed by atoms with E-state index < -0.39 is 29.8 Å². The first-order valence-corrected chi connectivity index (χ1v) is 10.00. The first kappa shape index (κ1) is 20.1. The van der Waals surface area contributed by atoms with E-state index in [1.54, 1.807) is 30.3 Å². The second-order valence-electron chi connectivity index (χ2n) is 7.24. The van der Waals surface area contributed by atoms with Crippen molar-refractivity contribution in [3.05, 3.63) is 94.8 Å². The number of carboxylic acids is 1. The molecule has 0 bridgehead atoms. The van der Waals surface area contributed by atoms with Gasteiger partial charge in [-0.1, -0.05) is 66.2 Å². The summed E-state index contributed by atoms with van der Waals surface area (Å²) in [6.45, 7) is 0. The molecule has 0 saturated carbocycles. The van der Waals surface area contributed by atoms with Crippen molar-refractivity contribution in [2.24, 2.45) is 0 Å². The Hall–Kier alpha value is -3.18. The van der Waals surface area contributed by atoms with Gasteiger partial charge in [-0.2, -0.15) is 0 Å². The summed E-state index contributed by atoms with van der Waals surface area (Å²) in [6.07, 6.45) is 0.719. The van der Waals surface area contributed by atoms with Crippen molar-refractivity contribution >= 4 is 23.5 Å². The number of benzene rings is 3. The number of carbonyl (C=O) groups is 2. The normalized spacial score (nSPS) is 18.4. The fourth-order valence-electron chi connectivity index (χ4n) is 4.03. The largest absolute Gasteiger partial charge is 0.480 e. The van der Waals surface area contributed by atoms with Crippen LogP contribution in [0.5, 0.6) is 0 Å². The van der Waals surface area contributed by atoms with Gasteiger partial charge in [-0.3, -0.25) is 4.79 Å². The topological polar surface area (TPSA) is 57.6 Å². The lowest BCUT2D eigenvalue weighted by Crippen LogP contribution is -2.42. The molecule has 3 aromatic rings. The van der Waals surface area contributed by atoms with Gasteiger partial charge in [-0.05, 0) is 47.7 Å². The Morgan fingerprint density at radius 3 is 2.30 bits per heavy atom. The van der Waals surface area contributed by atoms with Crippen LogP contribution >= 0.6 is 11.6 Å². The molecule has 0 aromatic heterocycles. The number of carbonyl (C=O) groups excluding carboxylic acids is 1. The maximum Gasteiger partial charge on any atom is 0.326 e. The summed E-state index contributed by atoms with van der Waals surface area (Å²) in [7, 11) is 0. The monoisotopic (exact) mass is 423 g/mol. The van der Waals surface area contributed by atoms with Crippen LogP contribution in [0.15, 0.2) is 72.8 Å². The minimum atomic E-state index is -1.11. The van der Waals surface area contributed by atoms with E-state index in [0.29, 0.717) is 22.6 Å². The van der Waals surface area contributed by atoms with E-state index in [-0.39, 0.29) is 12.0 Å². The highest BCUT2D eigenvalue weighted by Crippen LogP contribution is 2.40. The zero-order chi connectivity index (χ0) is 21.3. The average Bonchev–Trinajstić information content (AvgIpc) is 3.19. The standard InChI is InChI=1S/C24H19ClFNO3/c25-19-9-5-4-8-17(19)21-12-13-22(24(29)30)27(21)23(28)18-11-10-16(14-20(18)26)15-6-2-1-3-7-15/h1-11,14,21-22H,12-13H2,(H,29,30)/t21-,22+/m1/s1. The van der Waals surface area contributed by atoms with Gasteiger partial charge < -0.3 is 10.0 Å². The average molecular weight is 424 g/mol. The molecule has 4 rings (SSSR count). The van der Waals surface area contributed by atoms with Gasteiger partial charge in [-0.15, -0.1) is 0 Å². The molecule has 1 heterocycles. The number of carboxylic acid groups (broad SMARTS) is 1. The summed E-state index contributed by atoms with van der Waals surface area (Å²) < 4.78 is 15.0. The Labute approximate surface area is 178 Å². The summed E-state index contributed by atoms with van der Waals surface area (Å²) in [4.78, 5) is 26.4. The highest BCUT2D eigenvalue weighted by atomic mass is 35.5. The van der Waals surface area contributed by atoms with Crippen molar-refractivity contribution < 1.29 is 19.1 Å². The molecule has 0 unspecified atom stereocenters. The maximum absolute atomic E-state index is 15.0. The minimum Gasteiger partial charge on any atom is -0.480 e. The third kappa shape index (κ3) is 3.68. The SMILES string of the molecule is O=C(O)[C@@H]1CC[C@H](c2ccccc2Cl)N1C(=O)c1ccc(-c2ccccc2)cc1F. The molecular formula is C24H19ClFNO3. The van der Waals surface area contributed by atoms with E-state index in [0.717, 1.165) is 5.56 Å². The van der Waals surface area contributed by atoms with E-state index in [2.05, 4.69) is 0 Å². The molecule has 1 amide bonds. The van der Waals surface area contributed by atoms with Gasteiger partial charge in [0, 0.05) is 5.02 Å². The fourth-order valence-corrected chi connectivity index (χ4v) is 4.29. The second kappa shape index (κ2) is 8.28. The maximum atomic E-state index is 15.0. The van der Waals surface area contributed by atoms with Crippen LogP contribution in [0.25, 0.3) is 11.1 Å². The van der Waals surface area contributed by atoms with E-state index in [1.165, 1.54) is 17.0 Å². The highest BCUT2D eigenvalue weighted by Gasteiger charge is 2.43. The Bertz CT molecular complexity index is 1100. The first-order chi connectivity index (χ1) is 14.5. The molecular weight excluding hydrogens is 405 g/mol. The number of aliphatic carboxylic acids is 1. The molecule has 3 aromatic carbocycles. The Kier molecular flexibility index (Phi) is 5.55. The van der Waals surface area contributed by atoms with Crippen molar-refractivity contribution in [1.29, 1.82) is 0 Å². The van der Waals surface area contributed by atoms with E-state index in [4.69, 9.17) is 11.6 Å². The van der Waals surface area contributed by atoms with E-state index in [1.807, 2.05) is 30.3 Å². The molecule has 1 aliphatic rings. The number of hydrogen-bond acceptors (Lipinski definition) is 2. The summed E-state index contributed by atoms with van der Waals surface area (Å²) in [5.41, 5.74) is 1.98. The van der Waals surface area contributed by atoms with Crippen LogP contribution < -0.4 is 0 Å². The molecule has 0 spiro atoms. The number of likely N-dealkylation sites (tertiary alicyclic amines) is 1. The van der Waals surface area contributed by atoms with Crippen LogP contribution in [0.2, 0.25) is 5.02 Å². The van der Waals surface area contributed by atoms with Gasteiger partial charge in [0.1, 0.15) is 11.9 Å². The minimum absolute atomic E-state index is 0.153. The number of halogens is 2. The smallest absolute Gasteiger partial charge is 0.326 e. The zero-order valence-corrected chi connectivity index (χ0v) is 16.7. The van der Waals surface area contributed by atoms with Crippen LogP contribution in [-0.4, -0.2) is 27.9 Å². The van der Waals surface area contributed by atoms with Crippen molar-refractivity contribution in [3.8, 4) is 11.1 Å². The first-order valence-electron chi connectivity index (χ1n) is 9.62. The van der Waals surface area contributed by atoms with E-state index in [9.17, 15) is 19.1 Å². The molecule has 1 fully saturated rings. The molecule has 6 heteroatoms. The third-order valence-electron chi connectivity index (χ3n) is 5.48. The quantitative estimate of drug-likeness (QED) is 0.596. The van der Waals surface area contributed by atoms with Gasteiger partial charge in [0.15, 0.2) is 0 Å². The summed E-state index contributed by atoms with van der Waals surface area (Å²) >= 11 is 6.31. The lowest BCUT2D eigenvalue weighted by atomic mass is 10.0. The van der Waals surface area contributed by atoms with Crippen molar-refractivity contribution in [1.82, 2.24) is 4.90 Å². The molecule has 30 heavy (non-hydrogen) atoms. The highest BCUT2D eigenvalue weighted by molar-refractivity contribution is 6.31. The predicted molar refractivity (Wildman–Crippen MR) is 113 cm³/mol. The Balaban J connectivity index is 1.72. The van der Waals surface area contributed by atoms with Gasteiger partial charge in [-0.25, -0.2) is 9.18 Å². The van der Waals surface area contributed by atoms with Gasteiger partial charge in [0.05, 0.1) is 11.6 Å². The molecule has 1 saturated heterocycles. The van der Waals surface area contributed by atoms with Crippen LogP contribution in [0.4, 0.5) is 4.39 Å². The van der Waals surface area contributed by atoms with Gasteiger partial charge >= 0.3 is 5.97 Å². The lowest BCUT2D eigenvalue weighted by Gasteiger charge is -2.29. The molecule has 152 valence electrons. The molecule has 1 aliphatic heterocycles. The fraction of sp³-hybridized carbons (Fsp3) is 0.167. The second-order valence-corrected chi connectivity index (χ2v) is 7.65. The number of amides is 1. The Morgan fingerprint density at radius 1 is 0.933 bits per heavy atom. The number of rotatable bonds is 4. The van der Waals surface area contributed by atoms with Gasteiger partial charge in [0.25, 0.3) is 5.91 Å².